The summed E-state index contributed by atoms with van der Waals surface area (Å²) >= 11 is 3.42. The zero-order valence-electron chi connectivity index (χ0n) is 8.10. The fraction of sp³-hybridized carbons (Fsp3) is 0.182. The summed E-state index contributed by atoms with van der Waals surface area (Å²) in [6, 6.07) is 7.92. The van der Waals surface area contributed by atoms with Gasteiger partial charge in [0.05, 0.1) is 11.9 Å². The van der Waals surface area contributed by atoms with Gasteiger partial charge in [-0.25, -0.2) is 4.68 Å². The van der Waals surface area contributed by atoms with Crippen molar-refractivity contribution in [1.82, 2.24) is 9.78 Å². The smallest absolute Gasteiger partial charge is 0.0656 e. The van der Waals surface area contributed by atoms with Gasteiger partial charge in [0.25, 0.3) is 0 Å². The van der Waals surface area contributed by atoms with Crippen LogP contribution in [-0.2, 0) is 6.42 Å². The molecule has 78 valence electrons. The second-order valence-corrected chi connectivity index (χ2v) is 4.16. The quantitative estimate of drug-likeness (QED) is 0.925. The SMILES string of the molecule is OCCc1cnn(-c2cccc(Br)c2)c1. The summed E-state index contributed by atoms with van der Waals surface area (Å²) in [5.74, 6) is 0. The van der Waals surface area contributed by atoms with Gasteiger partial charge in [0.1, 0.15) is 0 Å². The van der Waals surface area contributed by atoms with E-state index in [1.807, 2.05) is 30.5 Å². The molecule has 15 heavy (non-hydrogen) atoms. The molecule has 0 spiro atoms. The highest BCUT2D eigenvalue weighted by Crippen LogP contribution is 2.15. The minimum Gasteiger partial charge on any atom is -0.396 e. The number of aromatic nitrogens is 2. The van der Waals surface area contributed by atoms with Crippen molar-refractivity contribution in [2.75, 3.05) is 6.61 Å². The van der Waals surface area contributed by atoms with Gasteiger partial charge in [-0.1, -0.05) is 22.0 Å². The summed E-state index contributed by atoms with van der Waals surface area (Å²) in [5, 5.41) is 13.0. The summed E-state index contributed by atoms with van der Waals surface area (Å²) in [4.78, 5) is 0. The number of halogens is 1. The number of nitrogens with zero attached hydrogens (tertiary/aromatic N) is 2. The van der Waals surface area contributed by atoms with Gasteiger partial charge in [0, 0.05) is 17.3 Å². The van der Waals surface area contributed by atoms with Crippen LogP contribution in [0.3, 0.4) is 0 Å². The van der Waals surface area contributed by atoms with E-state index in [9.17, 15) is 0 Å². The third-order valence-electron chi connectivity index (χ3n) is 2.11. The Bertz CT molecular complexity index is 453. The predicted molar refractivity (Wildman–Crippen MR) is 62.1 cm³/mol. The Balaban J connectivity index is 2.29. The fourth-order valence-corrected chi connectivity index (χ4v) is 1.77. The van der Waals surface area contributed by atoms with Gasteiger partial charge in [-0.3, -0.25) is 0 Å². The van der Waals surface area contributed by atoms with Crippen LogP contribution < -0.4 is 0 Å². The van der Waals surface area contributed by atoms with Gasteiger partial charge >= 0.3 is 0 Å². The zero-order valence-corrected chi connectivity index (χ0v) is 9.68. The third-order valence-corrected chi connectivity index (χ3v) is 2.60. The van der Waals surface area contributed by atoms with Gasteiger partial charge in [0.2, 0.25) is 0 Å². The molecule has 0 unspecified atom stereocenters. The lowest BCUT2D eigenvalue weighted by Gasteiger charge is -2.00. The Labute approximate surface area is 96.5 Å². The van der Waals surface area contributed by atoms with Crippen molar-refractivity contribution in [2.24, 2.45) is 0 Å². The molecule has 2 rings (SSSR count). The lowest BCUT2D eigenvalue weighted by molar-refractivity contribution is 0.299. The van der Waals surface area contributed by atoms with Crippen molar-refractivity contribution >= 4 is 15.9 Å². The minimum atomic E-state index is 0.157. The standard InChI is InChI=1S/C11H11BrN2O/c12-10-2-1-3-11(6-10)14-8-9(4-5-15)7-13-14/h1-3,6-8,15H,4-5H2. The topological polar surface area (TPSA) is 38.1 Å². The van der Waals surface area contributed by atoms with Crippen LogP contribution >= 0.6 is 15.9 Å². The maximum Gasteiger partial charge on any atom is 0.0656 e. The Kier molecular flexibility index (Phi) is 3.18. The highest BCUT2D eigenvalue weighted by Gasteiger charge is 2.00. The molecule has 2 aromatic rings. The molecule has 3 nitrogen and oxygen atoms in total. The van der Waals surface area contributed by atoms with E-state index in [1.54, 1.807) is 10.9 Å². The maximum atomic E-state index is 8.80. The first-order valence-electron chi connectivity index (χ1n) is 4.70. The highest BCUT2D eigenvalue weighted by atomic mass is 79.9. The molecule has 0 radical (unpaired) electrons. The monoisotopic (exact) mass is 266 g/mol. The van der Waals surface area contributed by atoms with E-state index < -0.39 is 0 Å². The van der Waals surface area contributed by atoms with E-state index in [0.717, 1.165) is 15.7 Å². The van der Waals surface area contributed by atoms with Crippen LogP contribution in [0.2, 0.25) is 0 Å². The first-order chi connectivity index (χ1) is 7.29. The van der Waals surface area contributed by atoms with E-state index in [2.05, 4.69) is 21.0 Å². The number of hydrogen-bond donors (Lipinski definition) is 1. The second kappa shape index (κ2) is 4.59. The van der Waals surface area contributed by atoms with Crippen molar-refractivity contribution in [3.05, 3.63) is 46.7 Å². The van der Waals surface area contributed by atoms with E-state index in [1.165, 1.54) is 0 Å². The molecule has 1 aromatic carbocycles. The van der Waals surface area contributed by atoms with E-state index >= 15 is 0 Å². The number of aliphatic hydroxyl groups is 1. The molecule has 4 heteroatoms. The molecule has 0 aliphatic carbocycles. The van der Waals surface area contributed by atoms with Crippen LogP contribution in [0.25, 0.3) is 5.69 Å². The highest BCUT2D eigenvalue weighted by molar-refractivity contribution is 9.10. The first kappa shape index (κ1) is 10.4. The van der Waals surface area contributed by atoms with Gasteiger partial charge in [-0.2, -0.15) is 5.10 Å². The molecule has 1 heterocycles. The Morgan fingerprint density at radius 2 is 2.27 bits per heavy atom. The summed E-state index contributed by atoms with van der Waals surface area (Å²) in [6.07, 6.45) is 4.35. The second-order valence-electron chi connectivity index (χ2n) is 3.25. The Morgan fingerprint density at radius 3 is 3.00 bits per heavy atom. The largest absolute Gasteiger partial charge is 0.396 e. The fourth-order valence-electron chi connectivity index (χ4n) is 1.38. The molecule has 1 N–H and O–H groups in total. The van der Waals surface area contributed by atoms with Crippen LogP contribution in [0.4, 0.5) is 0 Å². The van der Waals surface area contributed by atoms with Crippen LogP contribution in [0.15, 0.2) is 41.1 Å². The normalized spacial score (nSPS) is 10.5. The third kappa shape index (κ3) is 2.46. The van der Waals surface area contributed by atoms with Gasteiger partial charge < -0.3 is 5.11 Å². The van der Waals surface area contributed by atoms with Crippen molar-refractivity contribution in [3.63, 3.8) is 0 Å². The average molecular weight is 267 g/mol. The van der Waals surface area contributed by atoms with Crippen LogP contribution in [0.1, 0.15) is 5.56 Å². The Morgan fingerprint density at radius 1 is 1.40 bits per heavy atom. The lowest BCUT2D eigenvalue weighted by Crippen LogP contribution is -1.93. The molecule has 0 saturated carbocycles. The molecular weight excluding hydrogens is 256 g/mol. The van der Waals surface area contributed by atoms with Crippen molar-refractivity contribution in [3.8, 4) is 5.69 Å². The van der Waals surface area contributed by atoms with Crippen LogP contribution in [-0.4, -0.2) is 21.5 Å². The average Bonchev–Trinajstić information content (AvgIpc) is 2.67. The van der Waals surface area contributed by atoms with Gasteiger partial charge in [-0.05, 0) is 30.2 Å². The van der Waals surface area contributed by atoms with Gasteiger partial charge in [0.15, 0.2) is 0 Å². The molecule has 0 atom stereocenters. The summed E-state index contributed by atoms with van der Waals surface area (Å²) < 4.78 is 2.83. The molecule has 0 amide bonds. The van der Waals surface area contributed by atoms with Crippen molar-refractivity contribution in [2.45, 2.75) is 6.42 Å². The first-order valence-corrected chi connectivity index (χ1v) is 5.49. The number of hydrogen-bond acceptors (Lipinski definition) is 2. The summed E-state index contributed by atoms with van der Waals surface area (Å²) in [5.41, 5.74) is 2.05. The zero-order chi connectivity index (χ0) is 10.7. The summed E-state index contributed by atoms with van der Waals surface area (Å²) in [7, 11) is 0. The molecule has 1 aromatic heterocycles. The van der Waals surface area contributed by atoms with Crippen LogP contribution in [0.5, 0.6) is 0 Å². The van der Waals surface area contributed by atoms with Crippen molar-refractivity contribution in [1.29, 1.82) is 0 Å². The number of benzene rings is 1. The van der Waals surface area contributed by atoms with E-state index in [-0.39, 0.29) is 6.61 Å². The Hall–Kier alpha value is -1.13. The summed E-state index contributed by atoms with van der Waals surface area (Å²) in [6.45, 7) is 0.157. The lowest BCUT2D eigenvalue weighted by atomic mass is 10.3. The van der Waals surface area contributed by atoms with Gasteiger partial charge in [-0.15, -0.1) is 0 Å². The molecule has 0 aliphatic heterocycles. The van der Waals surface area contributed by atoms with E-state index in [4.69, 9.17) is 5.11 Å². The number of aliphatic hydroxyl groups excluding tert-OH is 1. The van der Waals surface area contributed by atoms with Crippen LogP contribution in [0, 0.1) is 0 Å². The molecule has 0 saturated heterocycles. The maximum absolute atomic E-state index is 8.80. The number of rotatable bonds is 3. The molecule has 0 fully saturated rings. The minimum absolute atomic E-state index is 0.157. The van der Waals surface area contributed by atoms with Crippen molar-refractivity contribution < 1.29 is 5.11 Å². The van der Waals surface area contributed by atoms with E-state index in [0.29, 0.717) is 6.42 Å². The predicted octanol–water partition coefficient (Wildman–Crippen LogP) is 2.17. The molecular formula is C11H11BrN2O. The molecule has 0 aliphatic rings. The molecule has 0 bridgehead atoms.